The number of nitrogens with zero attached hydrogens (tertiary/aromatic N) is 5. The Bertz CT molecular complexity index is 1430. The van der Waals surface area contributed by atoms with Gasteiger partial charge in [0.1, 0.15) is 11.5 Å². The fourth-order valence-corrected chi connectivity index (χ4v) is 4.62. The van der Waals surface area contributed by atoms with Gasteiger partial charge in [-0.3, -0.25) is 4.79 Å². The summed E-state index contributed by atoms with van der Waals surface area (Å²) in [5.41, 5.74) is 3.60. The summed E-state index contributed by atoms with van der Waals surface area (Å²) in [6, 6.07) is 25.5. The topological polar surface area (TPSA) is 85.1 Å². The summed E-state index contributed by atoms with van der Waals surface area (Å²) in [5.74, 6) is -1.24. The van der Waals surface area contributed by atoms with Crippen molar-refractivity contribution >= 4 is 28.4 Å². The van der Waals surface area contributed by atoms with Crippen molar-refractivity contribution in [3.05, 3.63) is 95.9 Å². The molecular formula is C29H27FN6O. The highest BCUT2D eigenvalue weighted by Gasteiger charge is 2.31. The molecule has 2 heterocycles. The van der Waals surface area contributed by atoms with Crippen molar-refractivity contribution < 1.29 is 9.18 Å². The quantitative estimate of drug-likeness (QED) is 0.422. The number of para-hydroxylation sites is 2. The van der Waals surface area contributed by atoms with Gasteiger partial charge >= 0.3 is 0 Å². The van der Waals surface area contributed by atoms with Gasteiger partial charge in [-0.2, -0.15) is 5.26 Å². The van der Waals surface area contributed by atoms with Crippen LogP contribution in [0.15, 0.2) is 78.9 Å². The molecule has 186 valence electrons. The molecule has 1 aliphatic heterocycles. The lowest BCUT2D eigenvalue weighted by Crippen LogP contribution is -2.47. The molecule has 5 rings (SSSR count). The Morgan fingerprint density at radius 2 is 1.49 bits per heavy atom. The Morgan fingerprint density at radius 3 is 2.14 bits per heavy atom. The second-order valence-electron chi connectivity index (χ2n) is 9.07. The zero-order valence-corrected chi connectivity index (χ0v) is 20.5. The van der Waals surface area contributed by atoms with Crippen LogP contribution in [0.25, 0.3) is 11.0 Å². The second kappa shape index (κ2) is 10.6. The number of rotatable bonds is 6. The van der Waals surface area contributed by atoms with E-state index in [4.69, 9.17) is 9.97 Å². The van der Waals surface area contributed by atoms with Crippen LogP contribution in [0.4, 0.5) is 15.9 Å². The number of halogens is 1. The zero-order chi connectivity index (χ0) is 25.8. The summed E-state index contributed by atoms with van der Waals surface area (Å²) >= 11 is 0. The van der Waals surface area contributed by atoms with Crippen LogP contribution < -0.4 is 15.1 Å². The fourth-order valence-electron chi connectivity index (χ4n) is 4.62. The van der Waals surface area contributed by atoms with Crippen LogP contribution in [-0.4, -0.2) is 42.1 Å². The number of benzene rings is 3. The number of carbonyl (C=O) groups is 1. The third-order valence-electron chi connectivity index (χ3n) is 6.67. The van der Waals surface area contributed by atoms with Crippen molar-refractivity contribution in [2.45, 2.75) is 18.9 Å². The van der Waals surface area contributed by atoms with Crippen LogP contribution in [0.5, 0.6) is 0 Å². The van der Waals surface area contributed by atoms with Crippen molar-refractivity contribution in [3.8, 4) is 6.07 Å². The van der Waals surface area contributed by atoms with E-state index in [1.165, 1.54) is 12.1 Å². The minimum atomic E-state index is -1.12. The van der Waals surface area contributed by atoms with Crippen LogP contribution in [0.2, 0.25) is 0 Å². The molecule has 1 aromatic heterocycles. The van der Waals surface area contributed by atoms with Crippen molar-refractivity contribution in [2.24, 2.45) is 0 Å². The molecule has 4 aromatic rings. The number of nitrogens with one attached hydrogen (secondary N) is 1. The van der Waals surface area contributed by atoms with E-state index in [2.05, 4.69) is 21.2 Å². The Balaban J connectivity index is 1.42. The van der Waals surface area contributed by atoms with E-state index >= 15 is 0 Å². The first kappa shape index (κ1) is 24.2. The van der Waals surface area contributed by atoms with Crippen LogP contribution in [0.1, 0.15) is 30.1 Å². The van der Waals surface area contributed by atoms with Crippen LogP contribution in [-0.2, 0) is 4.79 Å². The van der Waals surface area contributed by atoms with Crippen LogP contribution >= 0.6 is 0 Å². The van der Waals surface area contributed by atoms with Gasteiger partial charge in [-0.25, -0.2) is 14.4 Å². The first-order valence-corrected chi connectivity index (χ1v) is 12.3. The molecule has 0 unspecified atom stereocenters. The van der Waals surface area contributed by atoms with Crippen LogP contribution in [0.3, 0.4) is 0 Å². The molecule has 1 aliphatic rings. The minimum Gasteiger partial charge on any atom is -0.368 e. The first-order valence-electron chi connectivity index (χ1n) is 12.3. The Kier molecular flexibility index (Phi) is 6.95. The molecule has 8 heteroatoms. The summed E-state index contributed by atoms with van der Waals surface area (Å²) < 4.78 is 13.4. The number of nitriles is 1. The number of aromatic nitrogens is 2. The van der Waals surface area contributed by atoms with Gasteiger partial charge in [0.25, 0.3) is 0 Å². The van der Waals surface area contributed by atoms with E-state index in [9.17, 15) is 14.4 Å². The number of hydrogen-bond acceptors (Lipinski definition) is 6. The lowest BCUT2D eigenvalue weighted by molar-refractivity contribution is -0.122. The van der Waals surface area contributed by atoms with Crippen molar-refractivity contribution in [2.75, 3.05) is 36.0 Å². The molecule has 0 radical (unpaired) electrons. The van der Waals surface area contributed by atoms with E-state index in [1.807, 2.05) is 61.5 Å². The highest BCUT2D eigenvalue weighted by molar-refractivity contribution is 5.89. The SMILES string of the molecule is C[C@@H](NC(=O)[C@@H](C#N)c1nc2ccccc2nc1N1CCN(c2ccc(F)cc2)CC1)c1ccccc1. The van der Waals surface area contributed by atoms with Gasteiger partial charge in [0.2, 0.25) is 5.91 Å². The van der Waals surface area contributed by atoms with E-state index in [0.717, 1.165) is 11.3 Å². The molecule has 0 aliphatic carbocycles. The summed E-state index contributed by atoms with van der Waals surface area (Å²) in [6.07, 6.45) is 0. The fraction of sp³-hybridized carbons (Fsp3) is 0.241. The maximum absolute atomic E-state index is 13.4. The molecule has 3 aromatic carbocycles. The number of amides is 1. The average molecular weight is 495 g/mol. The number of piperazine rings is 1. The van der Waals surface area contributed by atoms with Crippen molar-refractivity contribution in [1.29, 1.82) is 5.26 Å². The molecule has 7 nitrogen and oxygen atoms in total. The largest absolute Gasteiger partial charge is 0.368 e. The van der Waals surface area contributed by atoms with Crippen LogP contribution in [0, 0.1) is 17.1 Å². The molecule has 1 amide bonds. The monoisotopic (exact) mass is 494 g/mol. The first-order chi connectivity index (χ1) is 18.0. The van der Waals surface area contributed by atoms with Gasteiger partial charge in [-0.05, 0) is 48.9 Å². The van der Waals surface area contributed by atoms with Gasteiger partial charge in [0.15, 0.2) is 11.7 Å². The van der Waals surface area contributed by atoms with Gasteiger partial charge in [-0.1, -0.05) is 42.5 Å². The third-order valence-corrected chi connectivity index (χ3v) is 6.67. The molecule has 1 N–H and O–H groups in total. The van der Waals surface area contributed by atoms with E-state index in [-0.39, 0.29) is 11.9 Å². The van der Waals surface area contributed by atoms with Gasteiger partial charge < -0.3 is 15.1 Å². The Hall–Kier alpha value is -4.51. The summed E-state index contributed by atoms with van der Waals surface area (Å²) in [7, 11) is 0. The average Bonchev–Trinajstić information content (AvgIpc) is 2.94. The molecule has 1 fully saturated rings. The summed E-state index contributed by atoms with van der Waals surface area (Å²) in [5, 5.41) is 13.1. The predicted octanol–water partition coefficient (Wildman–Crippen LogP) is 4.58. The highest BCUT2D eigenvalue weighted by atomic mass is 19.1. The minimum absolute atomic E-state index is 0.263. The predicted molar refractivity (Wildman–Crippen MR) is 142 cm³/mol. The lowest BCUT2D eigenvalue weighted by Gasteiger charge is -2.37. The molecule has 1 saturated heterocycles. The highest BCUT2D eigenvalue weighted by Crippen LogP contribution is 2.29. The maximum atomic E-state index is 13.4. The molecule has 0 spiro atoms. The number of anilines is 2. The molecular weight excluding hydrogens is 467 g/mol. The summed E-state index contributed by atoms with van der Waals surface area (Å²) in [4.78, 5) is 27.2. The number of carbonyl (C=O) groups excluding carboxylic acids is 1. The Labute approximate surface area is 215 Å². The maximum Gasteiger partial charge on any atom is 0.244 e. The van der Waals surface area contributed by atoms with E-state index in [1.54, 1.807) is 12.1 Å². The smallest absolute Gasteiger partial charge is 0.244 e. The zero-order valence-electron chi connectivity index (χ0n) is 20.5. The van der Waals surface area contributed by atoms with Gasteiger partial charge in [0.05, 0.1) is 23.1 Å². The third kappa shape index (κ3) is 5.21. The molecule has 2 atom stereocenters. The molecule has 0 bridgehead atoms. The normalized spacial score (nSPS) is 15.2. The number of hydrogen-bond donors (Lipinski definition) is 1. The molecule has 0 saturated carbocycles. The molecule has 37 heavy (non-hydrogen) atoms. The van der Waals surface area contributed by atoms with E-state index in [0.29, 0.717) is 48.7 Å². The van der Waals surface area contributed by atoms with Gasteiger partial charge in [-0.15, -0.1) is 0 Å². The standard InChI is InChI=1S/C29H27FN6O/c1-20(21-7-3-2-4-8-21)32-29(37)24(19-31)27-28(34-26-10-6-5-9-25(26)33-27)36-17-15-35(16-18-36)23-13-11-22(30)12-14-23/h2-14,20,24H,15-18H2,1H3,(H,32,37)/t20-,24+/m1/s1. The van der Waals surface area contributed by atoms with Crippen molar-refractivity contribution in [1.82, 2.24) is 15.3 Å². The summed E-state index contributed by atoms with van der Waals surface area (Å²) in [6.45, 7) is 4.51. The lowest BCUT2D eigenvalue weighted by atomic mass is 10.0. The Morgan fingerprint density at radius 1 is 0.892 bits per heavy atom. The number of fused-ring (bicyclic) bond motifs is 1. The van der Waals surface area contributed by atoms with E-state index < -0.39 is 11.8 Å². The second-order valence-corrected chi connectivity index (χ2v) is 9.07. The van der Waals surface area contributed by atoms with Crippen molar-refractivity contribution in [3.63, 3.8) is 0 Å². The van der Waals surface area contributed by atoms with Gasteiger partial charge in [0, 0.05) is 31.9 Å².